The van der Waals surface area contributed by atoms with E-state index in [9.17, 15) is 9.59 Å². The summed E-state index contributed by atoms with van der Waals surface area (Å²) in [5.41, 5.74) is 6.46. The van der Waals surface area contributed by atoms with E-state index in [1.807, 2.05) is 30.3 Å². The molecule has 1 unspecified atom stereocenters. The molecule has 0 saturated carbocycles. The second-order valence-electron chi connectivity index (χ2n) is 6.35. The van der Waals surface area contributed by atoms with Crippen LogP contribution in [0.5, 0.6) is 0 Å². The van der Waals surface area contributed by atoms with Crippen molar-refractivity contribution in [1.82, 2.24) is 15.0 Å². The molecule has 2 heterocycles. The molecular weight excluding hydrogens is 320 g/mol. The molecule has 1 atom stereocenters. The first-order chi connectivity index (χ1) is 12.1. The van der Waals surface area contributed by atoms with Crippen LogP contribution in [0.2, 0.25) is 0 Å². The van der Waals surface area contributed by atoms with Gasteiger partial charge in [0, 0.05) is 32.4 Å². The van der Waals surface area contributed by atoms with Crippen molar-refractivity contribution in [2.45, 2.75) is 32.1 Å². The van der Waals surface area contributed by atoms with Crippen LogP contribution in [0.4, 0.5) is 0 Å². The molecule has 1 aliphatic rings. The van der Waals surface area contributed by atoms with Crippen molar-refractivity contribution in [3.8, 4) is 0 Å². The Labute approximate surface area is 146 Å². The molecule has 0 radical (unpaired) electrons. The van der Waals surface area contributed by atoms with Gasteiger partial charge in [0.1, 0.15) is 0 Å². The van der Waals surface area contributed by atoms with Gasteiger partial charge >= 0.3 is 0 Å². The molecule has 7 nitrogen and oxygen atoms in total. The van der Waals surface area contributed by atoms with Crippen molar-refractivity contribution in [2.75, 3.05) is 13.1 Å². The van der Waals surface area contributed by atoms with Gasteiger partial charge in [-0.05, 0) is 18.4 Å². The summed E-state index contributed by atoms with van der Waals surface area (Å²) in [6, 6.07) is 9.90. The van der Waals surface area contributed by atoms with E-state index in [0.717, 1.165) is 18.4 Å². The van der Waals surface area contributed by atoms with E-state index in [1.165, 1.54) is 0 Å². The van der Waals surface area contributed by atoms with Crippen LogP contribution in [0.15, 0.2) is 34.9 Å². The fourth-order valence-corrected chi connectivity index (χ4v) is 3.05. The lowest BCUT2D eigenvalue weighted by molar-refractivity contribution is -0.135. The third-order valence-electron chi connectivity index (χ3n) is 4.44. The normalized spacial score (nSPS) is 17.4. The number of rotatable bonds is 6. The lowest BCUT2D eigenvalue weighted by Gasteiger charge is -2.31. The van der Waals surface area contributed by atoms with Gasteiger partial charge in [-0.3, -0.25) is 9.59 Å². The molecule has 0 aliphatic carbocycles. The minimum Gasteiger partial charge on any atom is -0.369 e. The maximum Gasteiger partial charge on any atom is 0.227 e. The Balaban J connectivity index is 1.50. The molecule has 0 spiro atoms. The summed E-state index contributed by atoms with van der Waals surface area (Å²) in [5.74, 6) is 0.496. The van der Waals surface area contributed by atoms with Crippen LogP contribution in [-0.4, -0.2) is 39.9 Å². The zero-order valence-corrected chi connectivity index (χ0v) is 14.1. The average molecular weight is 342 g/mol. The van der Waals surface area contributed by atoms with Gasteiger partial charge in [-0.25, -0.2) is 0 Å². The molecule has 2 amide bonds. The highest BCUT2D eigenvalue weighted by Crippen LogP contribution is 2.17. The van der Waals surface area contributed by atoms with Crippen LogP contribution in [0.3, 0.4) is 0 Å². The van der Waals surface area contributed by atoms with E-state index >= 15 is 0 Å². The molecular formula is C18H22N4O3. The molecule has 1 aliphatic heterocycles. The van der Waals surface area contributed by atoms with Crippen LogP contribution < -0.4 is 5.73 Å². The van der Waals surface area contributed by atoms with Gasteiger partial charge in [0.25, 0.3) is 0 Å². The second-order valence-corrected chi connectivity index (χ2v) is 6.35. The molecule has 1 aromatic carbocycles. The Morgan fingerprint density at radius 2 is 2.08 bits per heavy atom. The topological polar surface area (TPSA) is 102 Å². The summed E-state index contributed by atoms with van der Waals surface area (Å²) in [7, 11) is 0. The molecule has 2 N–H and O–H groups in total. The van der Waals surface area contributed by atoms with E-state index in [1.54, 1.807) is 4.90 Å². The van der Waals surface area contributed by atoms with Gasteiger partial charge in [-0.1, -0.05) is 35.5 Å². The van der Waals surface area contributed by atoms with Gasteiger partial charge in [-0.15, -0.1) is 0 Å². The molecule has 25 heavy (non-hydrogen) atoms. The van der Waals surface area contributed by atoms with Crippen LogP contribution >= 0.6 is 0 Å². The number of carbonyl (C=O) groups excluding carboxylic acids is 2. The van der Waals surface area contributed by atoms with E-state index in [2.05, 4.69) is 10.1 Å². The van der Waals surface area contributed by atoms with Crippen molar-refractivity contribution >= 4 is 11.8 Å². The third-order valence-corrected chi connectivity index (χ3v) is 4.44. The van der Waals surface area contributed by atoms with Crippen molar-refractivity contribution < 1.29 is 14.1 Å². The SMILES string of the molecule is NC(=O)C1CCCN(C(=O)CCc2nc(Cc3ccccc3)no2)C1. The van der Waals surface area contributed by atoms with Gasteiger partial charge in [0.2, 0.25) is 17.7 Å². The molecule has 1 fully saturated rings. The number of aryl methyl sites for hydroxylation is 1. The smallest absolute Gasteiger partial charge is 0.227 e. The highest BCUT2D eigenvalue weighted by molar-refractivity contribution is 5.80. The predicted octanol–water partition coefficient (Wildman–Crippen LogP) is 1.32. The molecule has 3 rings (SSSR count). The Morgan fingerprint density at radius 1 is 1.28 bits per heavy atom. The number of hydrogen-bond donors (Lipinski definition) is 1. The zero-order chi connectivity index (χ0) is 17.6. The third kappa shape index (κ3) is 4.65. The second kappa shape index (κ2) is 7.92. The molecule has 7 heteroatoms. The highest BCUT2D eigenvalue weighted by atomic mass is 16.5. The first kappa shape index (κ1) is 17.1. The number of aromatic nitrogens is 2. The predicted molar refractivity (Wildman–Crippen MR) is 90.4 cm³/mol. The van der Waals surface area contributed by atoms with Gasteiger partial charge < -0.3 is 15.2 Å². The number of nitrogens with two attached hydrogens (primary N) is 1. The van der Waals surface area contributed by atoms with Gasteiger partial charge in [0.15, 0.2) is 5.82 Å². The molecule has 0 bridgehead atoms. The average Bonchev–Trinajstić information content (AvgIpc) is 3.08. The minimum absolute atomic E-state index is 0.00578. The van der Waals surface area contributed by atoms with E-state index in [4.69, 9.17) is 10.3 Å². The van der Waals surface area contributed by atoms with Crippen LogP contribution in [0.25, 0.3) is 0 Å². The maximum absolute atomic E-state index is 12.3. The van der Waals surface area contributed by atoms with E-state index < -0.39 is 0 Å². The first-order valence-electron chi connectivity index (χ1n) is 8.54. The lowest BCUT2D eigenvalue weighted by Crippen LogP contribution is -2.44. The standard InChI is InChI=1S/C18H22N4O3/c19-18(24)14-7-4-10-22(12-14)17(23)9-8-16-20-15(21-25-16)11-13-5-2-1-3-6-13/h1-3,5-6,14H,4,7-12H2,(H2,19,24). The monoisotopic (exact) mass is 342 g/mol. The zero-order valence-electron chi connectivity index (χ0n) is 14.1. The Hall–Kier alpha value is -2.70. The summed E-state index contributed by atoms with van der Waals surface area (Å²) in [6.07, 6.45) is 2.86. The first-order valence-corrected chi connectivity index (χ1v) is 8.54. The number of primary amides is 1. The molecule has 2 aromatic rings. The Kier molecular flexibility index (Phi) is 5.42. The molecule has 1 aromatic heterocycles. The summed E-state index contributed by atoms with van der Waals surface area (Å²) >= 11 is 0. The summed E-state index contributed by atoms with van der Waals surface area (Å²) < 4.78 is 5.23. The quantitative estimate of drug-likeness (QED) is 0.853. The van der Waals surface area contributed by atoms with E-state index in [-0.39, 0.29) is 17.7 Å². The van der Waals surface area contributed by atoms with Crippen LogP contribution in [0.1, 0.15) is 36.5 Å². The number of benzene rings is 1. The number of carbonyl (C=O) groups is 2. The van der Waals surface area contributed by atoms with Crippen molar-refractivity contribution in [2.24, 2.45) is 11.7 Å². The molecule has 1 saturated heterocycles. The highest BCUT2D eigenvalue weighted by Gasteiger charge is 2.26. The van der Waals surface area contributed by atoms with Gasteiger partial charge in [0.05, 0.1) is 5.92 Å². The summed E-state index contributed by atoms with van der Waals surface area (Å²) in [4.78, 5) is 29.7. The van der Waals surface area contributed by atoms with Crippen molar-refractivity contribution in [3.63, 3.8) is 0 Å². The largest absolute Gasteiger partial charge is 0.369 e. The fraction of sp³-hybridized carbons (Fsp3) is 0.444. The van der Waals surface area contributed by atoms with E-state index in [0.29, 0.717) is 44.1 Å². The number of nitrogens with zero attached hydrogens (tertiary/aromatic N) is 3. The number of piperidine rings is 1. The summed E-state index contributed by atoms with van der Waals surface area (Å²) in [6.45, 7) is 1.09. The van der Waals surface area contributed by atoms with Crippen LogP contribution in [-0.2, 0) is 22.4 Å². The van der Waals surface area contributed by atoms with Crippen molar-refractivity contribution in [3.05, 3.63) is 47.6 Å². The maximum atomic E-state index is 12.3. The number of amides is 2. The molecule has 132 valence electrons. The fourth-order valence-electron chi connectivity index (χ4n) is 3.05. The van der Waals surface area contributed by atoms with Crippen LogP contribution in [0, 0.1) is 5.92 Å². The Morgan fingerprint density at radius 3 is 2.84 bits per heavy atom. The van der Waals surface area contributed by atoms with Crippen molar-refractivity contribution in [1.29, 1.82) is 0 Å². The summed E-state index contributed by atoms with van der Waals surface area (Å²) in [5, 5.41) is 3.96. The lowest BCUT2D eigenvalue weighted by atomic mass is 9.97. The number of likely N-dealkylation sites (tertiary alicyclic amines) is 1. The Bertz CT molecular complexity index is 729. The number of hydrogen-bond acceptors (Lipinski definition) is 5. The van der Waals surface area contributed by atoms with Gasteiger partial charge in [-0.2, -0.15) is 4.98 Å². The minimum atomic E-state index is -0.333.